The highest BCUT2D eigenvalue weighted by Crippen LogP contribution is 2.42. The maximum Gasteiger partial charge on any atom is 0.407 e. The number of piperidine rings is 1. The number of aromatic nitrogens is 2. The molecule has 0 spiro atoms. The molecule has 1 aliphatic rings. The van der Waals surface area contributed by atoms with Crippen molar-refractivity contribution < 1.29 is 9.53 Å². The second-order valence-corrected chi connectivity index (χ2v) is 10.4. The van der Waals surface area contributed by atoms with Gasteiger partial charge < -0.3 is 10.1 Å². The van der Waals surface area contributed by atoms with Crippen LogP contribution in [-0.2, 0) is 4.74 Å². The average molecular weight is 465 g/mol. The Morgan fingerprint density at radius 3 is 2.00 bits per heavy atom. The number of hydrogen-bond donors (Lipinski definition) is 1. The Balaban J connectivity index is 1.81. The fourth-order valence-electron chi connectivity index (χ4n) is 4.78. The Hall–Kier alpha value is -2.73. The molecule has 1 aliphatic heterocycles. The Morgan fingerprint density at radius 2 is 1.53 bits per heavy atom. The normalized spacial score (nSPS) is 19.4. The Kier molecular flexibility index (Phi) is 8.47. The first-order valence-corrected chi connectivity index (χ1v) is 12.3. The van der Waals surface area contributed by atoms with E-state index in [0.717, 1.165) is 37.2 Å². The van der Waals surface area contributed by atoms with E-state index in [1.54, 1.807) is 0 Å². The van der Waals surface area contributed by atoms with Crippen molar-refractivity contribution >= 4 is 6.09 Å². The average Bonchev–Trinajstić information content (AvgIpc) is 2.73. The van der Waals surface area contributed by atoms with Crippen molar-refractivity contribution in [1.82, 2.24) is 20.2 Å². The van der Waals surface area contributed by atoms with E-state index < -0.39 is 11.7 Å². The van der Waals surface area contributed by atoms with Crippen molar-refractivity contribution in [3.05, 3.63) is 70.3 Å². The molecule has 6 nitrogen and oxygen atoms in total. The number of carbonyl (C=O) groups excluding carboxylic acids is 1. The smallest absolute Gasteiger partial charge is 0.407 e. The molecule has 6 heteroatoms. The van der Waals surface area contributed by atoms with Crippen molar-refractivity contribution in [2.75, 3.05) is 13.1 Å². The summed E-state index contributed by atoms with van der Waals surface area (Å²) in [5, 5.41) is 2.80. The number of aryl methyl sites for hydroxylation is 4. The first-order chi connectivity index (χ1) is 16.0. The fraction of sp³-hybridized carbons (Fsp3) is 0.536. The van der Waals surface area contributed by atoms with Crippen molar-refractivity contribution in [1.29, 1.82) is 0 Å². The van der Waals surface area contributed by atoms with E-state index in [1.807, 2.05) is 39.2 Å². The first kappa shape index (κ1) is 25.9. The van der Waals surface area contributed by atoms with E-state index in [9.17, 15) is 4.79 Å². The van der Waals surface area contributed by atoms with Gasteiger partial charge in [-0.05, 0) is 90.0 Å². The van der Waals surface area contributed by atoms with E-state index >= 15 is 0 Å². The van der Waals surface area contributed by atoms with Crippen LogP contribution in [0.25, 0.3) is 0 Å². The number of pyridine rings is 2. The highest BCUT2D eigenvalue weighted by atomic mass is 16.6. The van der Waals surface area contributed by atoms with Gasteiger partial charge in [0.15, 0.2) is 0 Å². The molecule has 0 aromatic carbocycles. The summed E-state index contributed by atoms with van der Waals surface area (Å²) in [4.78, 5) is 24.2. The van der Waals surface area contributed by atoms with Crippen LogP contribution in [0.2, 0.25) is 0 Å². The van der Waals surface area contributed by atoms with E-state index in [4.69, 9.17) is 14.7 Å². The molecule has 0 bridgehead atoms. The molecule has 1 amide bonds. The molecule has 0 aliphatic carbocycles. The van der Waals surface area contributed by atoms with Gasteiger partial charge in [0.1, 0.15) is 5.60 Å². The molecule has 1 saturated heterocycles. The third-order valence-electron chi connectivity index (χ3n) is 6.14. The van der Waals surface area contributed by atoms with Gasteiger partial charge in [0.05, 0.1) is 23.5 Å². The van der Waals surface area contributed by atoms with Crippen LogP contribution in [0.4, 0.5) is 4.79 Å². The summed E-state index contributed by atoms with van der Waals surface area (Å²) in [5.74, 6) is 0. The molecule has 0 radical (unpaired) electrons. The van der Waals surface area contributed by atoms with Gasteiger partial charge in [-0.15, -0.1) is 0 Å². The van der Waals surface area contributed by atoms with Gasteiger partial charge in [0, 0.05) is 25.5 Å². The van der Waals surface area contributed by atoms with Crippen LogP contribution in [-0.4, -0.2) is 39.7 Å². The number of nitrogens with zero attached hydrogens (tertiary/aromatic N) is 3. The summed E-state index contributed by atoms with van der Waals surface area (Å²) in [6.07, 6.45) is 11.0. The van der Waals surface area contributed by atoms with Crippen LogP contribution in [0.3, 0.4) is 0 Å². The predicted molar refractivity (Wildman–Crippen MR) is 137 cm³/mol. The maximum absolute atomic E-state index is 11.9. The van der Waals surface area contributed by atoms with Gasteiger partial charge in [-0.3, -0.25) is 14.9 Å². The zero-order chi connectivity index (χ0) is 24.9. The van der Waals surface area contributed by atoms with Gasteiger partial charge in [-0.1, -0.05) is 24.3 Å². The summed E-state index contributed by atoms with van der Waals surface area (Å²) in [5.41, 5.74) is 6.65. The number of likely N-dealkylation sites (tertiary alicyclic amines) is 1. The molecule has 184 valence electrons. The van der Waals surface area contributed by atoms with E-state index in [2.05, 4.69) is 56.1 Å². The van der Waals surface area contributed by atoms with Gasteiger partial charge in [-0.2, -0.15) is 0 Å². The van der Waals surface area contributed by atoms with Crippen LogP contribution in [0, 0.1) is 27.7 Å². The van der Waals surface area contributed by atoms with Crippen molar-refractivity contribution in [3.63, 3.8) is 0 Å². The third kappa shape index (κ3) is 6.89. The quantitative estimate of drug-likeness (QED) is 0.526. The molecule has 1 N–H and O–H groups in total. The minimum Gasteiger partial charge on any atom is -0.444 e. The molecule has 3 rings (SSSR count). The van der Waals surface area contributed by atoms with E-state index in [1.165, 1.54) is 22.3 Å². The van der Waals surface area contributed by atoms with Crippen molar-refractivity contribution in [3.8, 4) is 0 Å². The Morgan fingerprint density at radius 1 is 1.00 bits per heavy atom. The number of rotatable bonds is 6. The van der Waals surface area contributed by atoms with Crippen LogP contribution in [0.15, 0.2) is 36.7 Å². The van der Waals surface area contributed by atoms with Crippen LogP contribution in [0.1, 0.15) is 85.8 Å². The zero-order valence-electron chi connectivity index (χ0n) is 21.8. The van der Waals surface area contributed by atoms with Crippen LogP contribution < -0.4 is 5.32 Å². The number of alkyl carbamates (subject to hydrolysis) is 1. The predicted octanol–water partition coefficient (Wildman–Crippen LogP) is 6.06. The number of hydrogen-bond acceptors (Lipinski definition) is 5. The number of amides is 1. The van der Waals surface area contributed by atoms with Gasteiger partial charge in [0.2, 0.25) is 0 Å². The molecular weight excluding hydrogens is 424 g/mol. The molecule has 2 aromatic rings. The first-order valence-electron chi connectivity index (χ1n) is 12.3. The lowest BCUT2D eigenvalue weighted by molar-refractivity contribution is 0.0534. The summed E-state index contributed by atoms with van der Waals surface area (Å²) >= 11 is 0. The number of carbonyl (C=O) groups is 1. The zero-order valence-corrected chi connectivity index (χ0v) is 21.8. The van der Waals surface area contributed by atoms with E-state index in [0.29, 0.717) is 6.54 Å². The number of nitrogens with one attached hydrogen (secondary N) is 1. The summed E-state index contributed by atoms with van der Waals surface area (Å²) in [7, 11) is 0. The summed E-state index contributed by atoms with van der Waals surface area (Å²) < 4.78 is 5.32. The molecule has 0 saturated carbocycles. The Labute approximate surface area is 204 Å². The summed E-state index contributed by atoms with van der Waals surface area (Å²) in [6.45, 7) is 15.3. The maximum atomic E-state index is 11.9. The molecule has 2 atom stereocenters. The van der Waals surface area contributed by atoms with Crippen molar-refractivity contribution in [2.24, 2.45) is 0 Å². The van der Waals surface area contributed by atoms with Gasteiger partial charge in [0.25, 0.3) is 0 Å². The fourth-order valence-corrected chi connectivity index (χ4v) is 4.78. The molecule has 3 heterocycles. The summed E-state index contributed by atoms with van der Waals surface area (Å²) in [6, 6.07) is 4.90. The third-order valence-corrected chi connectivity index (χ3v) is 6.14. The minimum atomic E-state index is -0.500. The number of ether oxygens (including phenoxy) is 1. The minimum absolute atomic E-state index is 0.227. The topological polar surface area (TPSA) is 67.4 Å². The molecule has 1 fully saturated rings. The second-order valence-electron chi connectivity index (χ2n) is 10.4. The molecule has 2 aromatic heterocycles. The van der Waals surface area contributed by atoms with Crippen LogP contribution >= 0.6 is 0 Å². The Bertz CT molecular complexity index is 966. The standard InChI is InChI=1S/C28H40N4O2/c1-19-15-21(3)25(30-17-19)23-11-10-12-24(26-22(4)16-20(2)18-31-26)32(23)14-9-8-13-29-27(33)34-28(5,6)7/h8-9,15-18,23-24H,10-14H2,1-7H3,(H,29,33)/b9-8-/t23-,24+. The largest absolute Gasteiger partial charge is 0.444 e. The molecule has 34 heavy (non-hydrogen) atoms. The monoisotopic (exact) mass is 464 g/mol. The van der Waals surface area contributed by atoms with Crippen molar-refractivity contribution in [2.45, 2.75) is 85.4 Å². The lowest BCUT2D eigenvalue weighted by atomic mass is 9.88. The van der Waals surface area contributed by atoms with Gasteiger partial charge >= 0.3 is 6.09 Å². The SMILES string of the molecule is Cc1cnc([C@H]2CCC[C@@H](c3ncc(C)cc3C)N2C/C=C\CNC(=O)OC(C)(C)C)c(C)c1. The van der Waals surface area contributed by atoms with Crippen LogP contribution in [0.5, 0.6) is 0 Å². The van der Waals surface area contributed by atoms with Gasteiger partial charge in [-0.25, -0.2) is 4.79 Å². The highest BCUT2D eigenvalue weighted by molar-refractivity contribution is 5.67. The molecular formula is C28H40N4O2. The van der Waals surface area contributed by atoms with E-state index in [-0.39, 0.29) is 12.1 Å². The highest BCUT2D eigenvalue weighted by Gasteiger charge is 2.34. The second kappa shape index (κ2) is 11.1. The molecule has 0 unspecified atom stereocenters. The lowest BCUT2D eigenvalue weighted by Gasteiger charge is -2.42. The lowest BCUT2D eigenvalue weighted by Crippen LogP contribution is -2.38.